The highest BCUT2D eigenvalue weighted by molar-refractivity contribution is 7.14. The zero-order valence-corrected chi connectivity index (χ0v) is 14.5. The number of allylic oxidation sites excluding steroid dienone is 1. The Hall–Kier alpha value is -2.80. The fraction of sp³-hybridized carbons (Fsp3) is 0.176. The van der Waals surface area contributed by atoms with Crippen LogP contribution in [0.1, 0.15) is 31.5 Å². The van der Waals surface area contributed by atoms with E-state index in [1.54, 1.807) is 33.9 Å². The maximum absolute atomic E-state index is 12.4. The summed E-state index contributed by atoms with van der Waals surface area (Å²) in [5.41, 5.74) is 2.63. The molecule has 0 aromatic carbocycles. The van der Waals surface area contributed by atoms with E-state index >= 15 is 0 Å². The van der Waals surface area contributed by atoms with Crippen LogP contribution in [-0.4, -0.2) is 30.3 Å². The standard InChI is InChI=1S/C17H17N5OS/c1-12-17(15(23)6-4-13-8-18-21(2)10-13)24-16(20-12)7-5-14-9-19-22(3)11-14/h4-11H,1-3H3/b6-4-,7-5-. The van der Waals surface area contributed by atoms with Gasteiger partial charge >= 0.3 is 0 Å². The third kappa shape index (κ3) is 3.75. The summed E-state index contributed by atoms with van der Waals surface area (Å²) in [6.07, 6.45) is 14.4. The largest absolute Gasteiger partial charge is 0.288 e. The summed E-state index contributed by atoms with van der Waals surface area (Å²) < 4.78 is 3.44. The summed E-state index contributed by atoms with van der Waals surface area (Å²) in [7, 11) is 3.71. The van der Waals surface area contributed by atoms with Gasteiger partial charge in [0.2, 0.25) is 0 Å². The first kappa shape index (κ1) is 16.1. The lowest BCUT2D eigenvalue weighted by Crippen LogP contribution is -1.92. The van der Waals surface area contributed by atoms with Crippen molar-refractivity contribution in [2.45, 2.75) is 6.92 Å². The van der Waals surface area contributed by atoms with E-state index in [9.17, 15) is 4.79 Å². The van der Waals surface area contributed by atoms with Gasteiger partial charge in [-0.1, -0.05) is 0 Å². The van der Waals surface area contributed by atoms with Crippen molar-refractivity contribution < 1.29 is 4.79 Å². The van der Waals surface area contributed by atoms with Crippen molar-refractivity contribution in [1.82, 2.24) is 24.5 Å². The summed E-state index contributed by atoms with van der Waals surface area (Å²) in [4.78, 5) is 17.5. The first-order chi connectivity index (χ1) is 11.5. The van der Waals surface area contributed by atoms with E-state index in [2.05, 4.69) is 15.2 Å². The molecule has 0 aliphatic carbocycles. The Morgan fingerprint density at radius 3 is 2.25 bits per heavy atom. The molecule has 0 N–H and O–H groups in total. The van der Waals surface area contributed by atoms with Crippen LogP contribution in [-0.2, 0) is 14.1 Å². The molecule has 0 atom stereocenters. The van der Waals surface area contributed by atoms with E-state index in [0.29, 0.717) is 4.88 Å². The predicted octanol–water partition coefficient (Wildman–Crippen LogP) is 2.99. The Morgan fingerprint density at radius 2 is 1.67 bits per heavy atom. The van der Waals surface area contributed by atoms with Crippen LogP contribution in [0.3, 0.4) is 0 Å². The minimum absolute atomic E-state index is 0.0464. The zero-order chi connectivity index (χ0) is 17.1. The van der Waals surface area contributed by atoms with Crippen molar-refractivity contribution in [3.63, 3.8) is 0 Å². The lowest BCUT2D eigenvalue weighted by atomic mass is 10.2. The number of ketones is 1. The summed E-state index contributed by atoms with van der Waals surface area (Å²) in [6, 6.07) is 0. The molecular formula is C17H17N5OS. The number of carbonyl (C=O) groups is 1. The molecule has 122 valence electrons. The molecule has 3 heterocycles. The molecule has 3 aromatic rings. The van der Waals surface area contributed by atoms with Gasteiger partial charge in [0.25, 0.3) is 0 Å². The van der Waals surface area contributed by atoms with Gasteiger partial charge in [0.15, 0.2) is 5.78 Å². The topological polar surface area (TPSA) is 65.6 Å². The smallest absolute Gasteiger partial charge is 0.197 e. The van der Waals surface area contributed by atoms with Gasteiger partial charge in [-0.2, -0.15) is 10.2 Å². The highest BCUT2D eigenvalue weighted by Crippen LogP contribution is 2.21. The Kier molecular flexibility index (Phi) is 4.52. The second kappa shape index (κ2) is 6.76. The SMILES string of the molecule is Cc1nc(/C=C\c2cnn(C)c2)sc1C(=O)/C=C\c1cnn(C)c1. The number of rotatable bonds is 5. The van der Waals surface area contributed by atoms with Crippen LogP contribution in [0, 0.1) is 6.92 Å². The first-order valence-electron chi connectivity index (χ1n) is 7.36. The van der Waals surface area contributed by atoms with Crippen LogP contribution >= 0.6 is 11.3 Å². The van der Waals surface area contributed by atoms with E-state index in [4.69, 9.17) is 0 Å². The van der Waals surface area contributed by atoms with Gasteiger partial charge in [-0.05, 0) is 31.2 Å². The molecule has 24 heavy (non-hydrogen) atoms. The van der Waals surface area contributed by atoms with Gasteiger partial charge in [-0.15, -0.1) is 11.3 Å². The van der Waals surface area contributed by atoms with Gasteiger partial charge in [-0.3, -0.25) is 14.2 Å². The van der Waals surface area contributed by atoms with E-state index in [1.165, 1.54) is 11.3 Å². The van der Waals surface area contributed by atoms with E-state index in [-0.39, 0.29) is 5.78 Å². The summed E-state index contributed by atoms with van der Waals surface area (Å²) >= 11 is 1.39. The van der Waals surface area contributed by atoms with Crippen molar-refractivity contribution >= 4 is 35.3 Å². The number of carbonyl (C=O) groups excluding carboxylic acids is 1. The van der Waals surface area contributed by atoms with Crippen LogP contribution in [0.4, 0.5) is 0 Å². The maximum Gasteiger partial charge on any atom is 0.197 e. The molecule has 0 spiro atoms. The molecular weight excluding hydrogens is 322 g/mol. The van der Waals surface area contributed by atoms with Crippen LogP contribution in [0.15, 0.2) is 30.9 Å². The highest BCUT2D eigenvalue weighted by atomic mass is 32.1. The van der Waals surface area contributed by atoms with Crippen molar-refractivity contribution in [1.29, 1.82) is 0 Å². The molecule has 0 aliphatic rings. The van der Waals surface area contributed by atoms with Gasteiger partial charge < -0.3 is 0 Å². The molecule has 0 amide bonds. The van der Waals surface area contributed by atoms with Crippen molar-refractivity contribution in [3.05, 3.63) is 57.6 Å². The molecule has 0 radical (unpaired) electrons. The summed E-state index contributed by atoms with van der Waals surface area (Å²) in [6.45, 7) is 1.85. The van der Waals surface area contributed by atoms with E-state index in [0.717, 1.165) is 21.8 Å². The third-order valence-corrected chi connectivity index (χ3v) is 4.47. The normalized spacial score (nSPS) is 11.8. The van der Waals surface area contributed by atoms with Gasteiger partial charge in [0.1, 0.15) is 5.01 Å². The van der Waals surface area contributed by atoms with E-state index < -0.39 is 0 Å². The number of hydrogen-bond acceptors (Lipinski definition) is 5. The summed E-state index contributed by atoms with van der Waals surface area (Å²) in [5.74, 6) is -0.0464. The van der Waals surface area contributed by atoms with Gasteiger partial charge in [-0.25, -0.2) is 4.98 Å². The Morgan fingerprint density at radius 1 is 1.04 bits per heavy atom. The van der Waals surface area contributed by atoms with Crippen molar-refractivity contribution in [3.8, 4) is 0 Å². The minimum Gasteiger partial charge on any atom is -0.288 e. The monoisotopic (exact) mass is 339 g/mol. The summed E-state index contributed by atoms with van der Waals surface area (Å²) in [5, 5.41) is 8.99. The average Bonchev–Trinajstić information content (AvgIpc) is 3.24. The Labute approximate surface area is 143 Å². The third-order valence-electron chi connectivity index (χ3n) is 3.33. The number of nitrogens with zero attached hydrogens (tertiary/aromatic N) is 5. The van der Waals surface area contributed by atoms with Crippen LogP contribution < -0.4 is 0 Å². The number of thiazole rings is 1. The van der Waals surface area contributed by atoms with Gasteiger partial charge in [0.05, 0.1) is 23.0 Å². The number of aromatic nitrogens is 5. The van der Waals surface area contributed by atoms with Crippen molar-refractivity contribution in [2.24, 2.45) is 14.1 Å². The molecule has 3 aromatic heterocycles. The molecule has 3 rings (SSSR count). The Bertz CT molecular complexity index is 929. The molecule has 7 heteroatoms. The fourth-order valence-electron chi connectivity index (χ4n) is 2.18. The first-order valence-corrected chi connectivity index (χ1v) is 8.18. The molecule has 0 unspecified atom stereocenters. The molecule has 0 fully saturated rings. The minimum atomic E-state index is -0.0464. The van der Waals surface area contributed by atoms with Crippen LogP contribution in [0.2, 0.25) is 0 Å². The maximum atomic E-state index is 12.4. The van der Waals surface area contributed by atoms with Gasteiger partial charge in [0, 0.05) is 37.6 Å². The second-order valence-corrected chi connectivity index (χ2v) is 6.42. The quantitative estimate of drug-likeness (QED) is 0.529. The molecule has 0 aliphatic heterocycles. The molecule has 0 saturated heterocycles. The zero-order valence-electron chi connectivity index (χ0n) is 13.7. The van der Waals surface area contributed by atoms with Crippen molar-refractivity contribution in [2.75, 3.05) is 0 Å². The van der Waals surface area contributed by atoms with Crippen LogP contribution in [0.25, 0.3) is 18.2 Å². The predicted molar refractivity (Wildman–Crippen MR) is 95.6 cm³/mol. The highest BCUT2D eigenvalue weighted by Gasteiger charge is 2.11. The molecule has 6 nitrogen and oxygen atoms in total. The lowest BCUT2D eigenvalue weighted by Gasteiger charge is -1.90. The second-order valence-electron chi connectivity index (χ2n) is 5.39. The molecule has 0 saturated carbocycles. The van der Waals surface area contributed by atoms with E-state index in [1.807, 2.05) is 45.6 Å². The Balaban J connectivity index is 1.74. The fourth-order valence-corrected chi connectivity index (χ4v) is 3.07. The van der Waals surface area contributed by atoms with Crippen LogP contribution in [0.5, 0.6) is 0 Å². The average molecular weight is 339 g/mol. The number of hydrogen-bond donors (Lipinski definition) is 0. The lowest BCUT2D eigenvalue weighted by molar-refractivity contribution is 0.105. The molecule has 0 bridgehead atoms. The number of aryl methyl sites for hydroxylation is 3.